The van der Waals surface area contributed by atoms with Crippen LogP contribution in [0.25, 0.3) is 0 Å². The van der Waals surface area contributed by atoms with Crippen LogP contribution < -0.4 is 5.32 Å². The fraction of sp³-hybridized carbons (Fsp3) is 0.385. The van der Waals surface area contributed by atoms with E-state index in [1.807, 2.05) is 0 Å². The summed E-state index contributed by atoms with van der Waals surface area (Å²) in [6.07, 6.45) is 1.98. The van der Waals surface area contributed by atoms with E-state index < -0.39 is 11.7 Å². The van der Waals surface area contributed by atoms with E-state index >= 15 is 0 Å². The van der Waals surface area contributed by atoms with Crippen molar-refractivity contribution in [2.45, 2.75) is 18.9 Å². The Labute approximate surface area is 119 Å². The fourth-order valence-electron chi connectivity index (χ4n) is 1.66. The second-order valence-corrected chi connectivity index (χ2v) is 5.54. The van der Waals surface area contributed by atoms with Gasteiger partial charge in [-0.05, 0) is 31.0 Å². The first-order valence-electron chi connectivity index (χ1n) is 5.97. The summed E-state index contributed by atoms with van der Waals surface area (Å²) in [4.78, 5) is 24.8. The Bertz CT molecular complexity index is 517. The average Bonchev–Trinajstić information content (AvgIpc) is 3.11. The molecule has 1 aliphatic carbocycles. The first-order chi connectivity index (χ1) is 8.97. The highest BCUT2D eigenvalue weighted by atomic mass is 79.9. The number of nitrogens with zero attached hydrogens (tertiary/aromatic N) is 1. The van der Waals surface area contributed by atoms with E-state index in [2.05, 4.69) is 21.2 Å². The van der Waals surface area contributed by atoms with Crippen molar-refractivity contribution in [1.29, 1.82) is 0 Å². The molecule has 2 rings (SSSR count). The highest BCUT2D eigenvalue weighted by molar-refractivity contribution is 9.10. The summed E-state index contributed by atoms with van der Waals surface area (Å²) in [5.74, 6) is -1.32. The van der Waals surface area contributed by atoms with E-state index in [1.54, 1.807) is 6.07 Å². The molecule has 6 heteroatoms. The molecule has 0 spiro atoms. The fourth-order valence-corrected chi connectivity index (χ4v) is 1.99. The van der Waals surface area contributed by atoms with Gasteiger partial charge in [0.2, 0.25) is 5.91 Å². The van der Waals surface area contributed by atoms with Gasteiger partial charge in [0.15, 0.2) is 0 Å². The third kappa shape index (κ3) is 3.76. The quantitative estimate of drug-likeness (QED) is 0.918. The third-order valence-corrected chi connectivity index (χ3v) is 3.32. The van der Waals surface area contributed by atoms with Crippen LogP contribution in [0, 0.1) is 5.82 Å². The molecule has 0 radical (unpaired) electrons. The molecule has 1 saturated carbocycles. The van der Waals surface area contributed by atoms with Crippen molar-refractivity contribution in [3.05, 3.63) is 34.1 Å². The van der Waals surface area contributed by atoms with Crippen LogP contribution in [0.2, 0.25) is 0 Å². The molecule has 0 saturated heterocycles. The number of carbonyl (C=O) groups excluding carboxylic acids is 2. The topological polar surface area (TPSA) is 49.4 Å². The predicted molar refractivity (Wildman–Crippen MR) is 72.2 cm³/mol. The van der Waals surface area contributed by atoms with Crippen LogP contribution >= 0.6 is 15.9 Å². The van der Waals surface area contributed by atoms with Crippen LogP contribution in [-0.4, -0.2) is 36.3 Å². The maximum Gasteiger partial charge on any atom is 0.257 e. The van der Waals surface area contributed by atoms with Gasteiger partial charge in [-0.2, -0.15) is 0 Å². The van der Waals surface area contributed by atoms with Gasteiger partial charge in [-0.3, -0.25) is 9.59 Å². The molecule has 0 unspecified atom stereocenters. The van der Waals surface area contributed by atoms with E-state index in [0.717, 1.165) is 12.8 Å². The lowest BCUT2D eigenvalue weighted by Gasteiger charge is -2.17. The zero-order valence-electron chi connectivity index (χ0n) is 10.5. The highest BCUT2D eigenvalue weighted by Gasteiger charge is 2.25. The zero-order valence-corrected chi connectivity index (χ0v) is 12.0. The van der Waals surface area contributed by atoms with Gasteiger partial charge in [-0.15, -0.1) is 0 Å². The summed E-state index contributed by atoms with van der Waals surface area (Å²) < 4.78 is 14.2. The summed E-state index contributed by atoms with van der Waals surface area (Å²) in [6.45, 7) is -0.0646. The van der Waals surface area contributed by atoms with Gasteiger partial charge in [0.05, 0.1) is 12.1 Å². The highest BCUT2D eigenvalue weighted by Crippen LogP contribution is 2.19. The molecule has 19 heavy (non-hydrogen) atoms. The third-order valence-electron chi connectivity index (χ3n) is 2.83. The Morgan fingerprint density at radius 1 is 1.47 bits per heavy atom. The number of rotatable bonds is 4. The summed E-state index contributed by atoms with van der Waals surface area (Å²) in [5.41, 5.74) is -0.0371. The van der Waals surface area contributed by atoms with Gasteiger partial charge in [0.25, 0.3) is 5.91 Å². The van der Waals surface area contributed by atoms with Crippen LogP contribution in [0.4, 0.5) is 4.39 Å². The van der Waals surface area contributed by atoms with Gasteiger partial charge in [0, 0.05) is 17.6 Å². The molecule has 102 valence electrons. The van der Waals surface area contributed by atoms with Crippen molar-refractivity contribution in [2.75, 3.05) is 13.6 Å². The standard InChI is InChI=1S/C13H14BrFN2O2/c1-17(7-12(18)16-9-3-4-9)13(19)10-5-2-8(14)6-11(10)15/h2,5-6,9H,3-4,7H2,1H3,(H,16,18). The Morgan fingerprint density at radius 2 is 2.16 bits per heavy atom. The lowest BCUT2D eigenvalue weighted by atomic mass is 10.2. The molecule has 0 atom stereocenters. The van der Waals surface area contributed by atoms with Gasteiger partial charge >= 0.3 is 0 Å². The molecule has 1 fully saturated rings. The number of hydrogen-bond acceptors (Lipinski definition) is 2. The smallest absolute Gasteiger partial charge is 0.257 e. The average molecular weight is 329 g/mol. The van der Waals surface area contributed by atoms with Crippen molar-refractivity contribution < 1.29 is 14.0 Å². The van der Waals surface area contributed by atoms with Crippen LogP contribution in [0.5, 0.6) is 0 Å². The van der Waals surface area contributed by atoms with Gasteiger partial charge in [-0.1, -0.05) is 15.9 Å². The second kappa shape index (κ2) is 5.69. The molecule has 2 amide bonds. The molecule has 0 aromatic heterocycles. The predicted octanol–water partition coefficient (Wildman–Crippen LogP) is 1.94. The number of hydrogen-bond donors (Lipinski definition) is 1. The normalized spacial score (nSPS) is 14.1. The summed E-state index contributed by atoms with van der Waals surface area (Å²) in [6, 6.07) is 4.47. The van der Waals surface area contributed by atoms with Crippen LogP contribution in [0.15, 0.2) is 22.7 Å². The number of benzene rings is 1. The van der Waals surface area contributed by atoms with Gasteiger partial charge in [0.1, 0.15) is 5.82 Å². The lowest BCUT2D eigenvalue weighted by Crippen LogP contribution is -2.39. The summed E-state index contributed by atoms with van der Waals surface area (Å²) >= 11 is 3.13. The van der Waals surface area contributed by atoms with Crippen molar-refractivity contribution in [1.82, 2.24) is 10.2 Å². The first kappa shape index (κ1) is 14.0. The first-order valence-corrected chi connectivity index (χ1v) is 6.76. The molecule has 4 nitrogen and oxygen atoms in total. The van der Waals surface area contributed by atoms with Crippen LogP contribution in [-0.2, 0) is 4.79 Å². The molecular formula is C13H14BrFN2O2. The number of nitrogens with one attached hydrogen (secondary N) is 1. The maximum absolute atomic E-state index is 13.6. The molecule has 0 bridgehead atoms. The largest absolute Gasteiger partial charge is 0.352 e. The van der Waals surface area contributed by atoms with E-state index in [9.17, 15) is 14.0 Å². The monoisotopic (exact) mass is 328 g/mol. The van der Waals surface area contributed by atoms with Crippen LogP contribution in [0.1, 0.15) is 23.2 Å². The Balaban J connectivity index is 1.99. The summed E-state index contributed by atoms with van der Waals surface area (Å²) in [7, 11) is 1.48. The van der Waals surface area contributed by atoms with Crippen LogP contribution in [0.3, 0.4) is 0 Å². The maximum atomic E-state index is 13.6. The number of amides is 2. The van der Waals surface area contributed by atoms with E-state index in [4.69, 9.17) is 0 Å². The number of halogens is 2. The van der Waals surface area contributed by atoms with Gasteiger partial charge in [-0.25, -0.2) is 4.39 Å². The van der Waals surface area contributed by atoms with Crippen molar-refractivity contribution in [2.24, 2.45) is 0 Å². The van der Waals surface area contributed by atoms with Gasteiger partial charge < -0.3 is 10.2 Å². The SMILES string of the molecule is CN(CC(=O)NC1CC1)C(=O)c1ccc(Br)cc1F. The second-order valence-electron chi connectivity index (χ2n) is 4.63. The van der Waals surface area contributed by atoms with E-state index in [0.29, 0.717) is 4.47 Å². The Kier molecular flexibility index (Phi) is 4.19. The molecule has 1 aliphatic rings. The molecule has 1 N–H and O–H groups in total. The molecule has 1 aromatic carbocycles. The number of likely N-dealkylation sites (N-methyl/N-ethyl adjacent to an activating group) is 1. The minimum atomic E-state index is -0.603. The molecular weight excluding hydrogens is 315 g/mol. The molecule has 0 aliphatic heterocycles. The van der Waals surface area contributed by atoms with E-state index in [1.165, 1.54) is 24.1 Å². The number of carbonyl (C=O) groups is 2. The summed E-state index contributed by atoms with van der Waals surface area (Å²) in [5, 5.41) is 2.78. The molecule has 1 aromatic rings. The zero-order chi connectivity index (χ0) is 14.0. The van der Waals surface area contributed by atoms with E-state index in [-0.39, 0.29) is 24.1 Å². The van der Waals surface area contributed by atoms with Crippen molar-refractivity contribution >= 4 is 27.7 Å². The minimum absolute atomic E-state index is 0.0371. The Morgan fingerprint density at radius 3 is 2.74 bits per heavy atom. The van der Waals surface area contributed by atoms with Crippen molar-refractivity contribution in [3.63, 3.8) is 0 Å². The molecule has 0 heterocycles. The minimum Gasteiger partial charge on any atom is -0.352 e. The Hall–Kier alpha value is -1.43. The van der Waals surface area contributed by atoms with Crippen molar-refractivity contribution in [3.8, 4) is 0 Å². The lowest BCUT2D eigenvalue weighted by molar-refractivity contribution is -0.121.